The van der Waals surface area contributed by atoms with Crippen LogP contribution in [0.3, 0.4) is 0 Å². The number of aryl methyl sites for hydroxylation is 1. The molecule has 1 aromatic heterocycles. The fourth-order valence-electron chi connectivity index (χ4n) is 1.33. The molecule has 0 bridgehead atoms. The van der Waals surface area contributed by atoms with Crippen LogP contribution in [0.5, 0.6) is 0 Å². The summed E-state index contributed by atoms with van der Waals surface area (Å²) in [5.74, 6) is -0.287. The van der Waals surface area contributed by atoms with Gasteiger partial charge in [0.2, 0.25) is 5.78 Å². The van der Waals surface area contributed by atoms with Crippen LogP contribution in [0.4, 0.5) is 0 Å². The second kappa shape index (κ2) is 4.82. The molecular formula is C12H8Cl2N2O. The topological polar surface area (TPSA) is 42.9 Å². The fraction of sp³-hybridized carbons (Fsp3) is 0.0833. The van der Waals surface area contributed by atoms with Gasteiger partial charge in [0.05, 0.1) is 21.9 Å². The molecular weight excluding hydrogens is 259 g/mol. The van der Waals surface area contributed by atoms with Gasteiger partial charge < -0.3 is 0 Å². The quantitative estimate of drug-likeness (QED) is 0.784. The van der Waals surface area contributed by atoms with E-state index in [9.17, 15) is 4.79 Å². The minimum Gasteiger partial charge on any atom is -0.287 e. The highest BCUT2D eigenvalue weighted by molar-refractivity contribution is 6.44. The van der Waals surface area contributed by atoms with E-state index >= 15 is 0 Å². The number of carbonyl (C=O) groups excluding carboxylic acids is 1. The summed E-state index contributed by atoms with van der Waals surface area (Å²) in [4.78, 5) is 20.1. The van der Waals surface area contributed by atoms with Crippen LogP contribution >= 0.6 is 23.2 Å². The van der Waals surface area contributed by atoms with Gasteiger partial charge in [0.25, 0.3) is 0 Å². The highest BCUT2D eigenvalue weighted by atomic mass is 35.5. The number of rotatable bonds is 2. The largest absolute Gasteiger partial charge is 0.287 e. The van der Waals surface area contributed by atoms with Crippen LogP contribution in [-0.4, -0.2) is 15.8 Å². The molecule has 0 unspecified atom stereocenters. The van der Waals surface area contributed by atoms with Crippen LogP contribution in [-0.2, 0) is 0 Å². The van der Waals surface area contributed by atoms with Gasteiger partial charge in [-0.05, 0) is 19.1 Å². The molecule has 2 aromatic rings. The molecule has 0 saturated carbocycles. The van der Waals surface area contributed by atoms with Crippen molar-refractivity contribution < 1.29 is 4.79 Å². The zero-order chi connectivity index (χ0) is 12.4. The first kappa shape index (κ1) is 12.0. The van der Waals surface area contributed by atoms with E-state index < -0.39 is 0 Å². The first-order valence-corrected chi connectivity index (χ1v) is 5.62. The Morgan fingerprint density at radius 1 is 1.18 bits per heavy atom. The van der Waals surface area contributed by atoms with Crippen LogP contribution in [0, 0.1) is 6.92 Å². The maximum atomic E-state index is 12.1. The number of hydrogen-bond donors (Lipinski definition) is 0. The van der Waals surface area contributed by atoms with E-state index in [1.54, 1.807) is 25.1 Å². The van der Waals surface area contributed by atoms with Crippen molar-refractivity contribution in [3.8, 4) is 0 Å². The minimum atomic E-state index is -0.287. The molecule has 0 amide bonds. The highest BCUT2D eigenvalue weighted by Crippen LogP contribution is 2.26. The number of nitrogens with zero attached hydrogens (tertiary/aromatic N) is 2. The zero-order valence-corrected chi connectivity index (χ0v) is 10.5. The molecule has 0 aliphatic carbocycles. The van der Waals surface area contributed by atoms with Crippen molar-refractivity contribution in [3.63, 3.8) is 0 Å². The van der Waals surface area contributed by atoms with Crippen molar-refractivity contribution >= 4 is 29.0 Å². The third kappa shape index (κ3) is 2.46. The van der Waals surface area contributed by atoms with Crippen LogP contribution in [0.2, 0.25) is 10.0 Å². The monoisotopic (exact) mass is 266 g/mol. The normalized spacial score (nSPS) is 10.3. The molecule has 5 heteroatoms. The van der Waals surface area contributed by atoms with E-state index in [4.69, 9.17) is 23.2 Å². The molecule has 1 aromatic carbocycles. The number of benzene rings is 1. The lowest BCUT2D eigenvalue weighted by molar-refractivity contribution is 0.103. The molecule has 0 spiro atoms. The van der Waals surface area contributed by atoms with Crippen molar-refractivity contribution in [1.29, 1.82) is 0 Å². The van der Waals surface area contributed by atoms with Crippen molar-refractivity contribution in [2.75, 3.05) is 0 Å². The SMILES string of the molecule is Cc1cnc(C(=O)c2cccc(Cl)c2Cl)cn1. The summed E-state index contributed by atoms with van der Waals surface area (Å²) in [7, 11) is 0. The van der Waals surface area contributed by atoms with Crippen molar-refractivity contribution in [2.45, 2.75) is 6.92 Å². The van der Waals surface area contributed by atoms with Gasteiger partial charge in [-0.3, -0.25) is 9.78 Å². The Labute approximate surface area is 108 Å². The Hall–Kier alpha value is -1.45. The van der Waals surface area contributed by atoms with Gasteiger partial charge in [0, 0.05) is 11.8 Å². The van der Waals surface area contributed by atoms with Gasteiger partial charge in [0.15, 0.2) is 0 Å². The third-order valence-corrected chi connectivity index (χ3v) is 3.03. The van der Waals surface area contributed by atoms with E-state index in [0.29, 0.717) is 10.6 Å². The van der Waals surface area contributed by atoms with Gasteiger partial charge in [-0.15, -0.1) is 0 Å². The van der Waals surface area contributed by atoms with Gasteiger partial charge >= 0.3 is 0 Å². The van der Waals surface area contributed by atoms with E-state index in [2.05, 4.69) is 9.97 Å². The maximum Gasteiger partial charge on any atom is 0.214 e. The van der Waals surface area contributed by atoms with Crippen LogP contribution in [0.25, 0.3) is 0 Å². The highest BCUT2D eigenvalue weighted by Gasteiger charge is 2.15. The molecule has 0 saturated heterocycles. The molecule has 3 nitrogen and oxygen atoms in total. The first-order chi connectivity index (χ1) is 8.09. The molecule has 0 aliphatic rings. The maximum absolute atomic E-state index is 12.1. The second-order valence-corrected chi connectivity index (χ2v) is 4.26. The molecule has 17 heavy (non-hydrogen) atoms. The summed E-state index contributed by atoms with van der Waals surface area (Å²) in [6, 6.07) is 4.91. The second-order valence-electron chi connectivity index (χ2n) is 3.47. The predicted molar refractivity (Wildman–Crippen MR) is 66.7 cm³/mol. The van der Waals surface area contributed by atoms with Crippen molar-refractivity contribution in [3.05, 3.63) is 57.6 Å². The Bertz CT molecular complexity index is 567. The molecule has 1 heterocycles. The number of ketones is 1. The van der Waals surface area contributed by atoms with E-state index in [0.717, 1.165) is 5.69 Å². The first-order valence-electron chi connectivity index (χ1n) is 4.87. The van der Waals surface area contributed by atoms with Gasteiger partial charge in [-0.2, -0.15) is 0 Å². The molecule has 0 N–H and O–H groups in total. The molecule has 0 atom stereocenters. The molecule has 0 radical (unpaired) electrons. The van der Waals surface area contributed by atoms with Crippen molar-refractivity contribution in [2.24, 2.45) is 0 Å². The summed E-state index contributed by atoms with van der Waals surface area (Å²) >= 11 is 11.8. The van der Waals surface area contributed by atoms with Gasteiger partial charge in [-0.25, -0.2) is 4.98 Å². The Morgan fingerprint density at radius 3 is 2.59 bits per heavy atom. The lowest BCUT2D eigenvalue weighted by atomic mass is 10.1. The van der Waals surface area contributed by atoms with E-state index in [1.165, 1.54) is 12.4 Å². The molecule has 2 rings (SSSR count). The molecule has 0 aliphatic heterocycles. The smallest absolute Gasteiger partial charge is 0.214 e. The summed E-state index contributed by atoms with van der Waals surface area (Å²) in [6.45, 7) is 1.80. The van der Waals surface area contributed by atoms with Crippen LogP contribution in [0.15, 0.2) is 30.6 Å². The van der Waals surface area contributed by atoms with Crippen molar-refractivity contribution in [1.82, 2.24) is 9.97 Å². The number of halogens is 2. The van der Waals surface area contributed by atoms with Crippen LogP contribution < -0.4 is 0 Å². The number of aromatic nitrogens is 2. The Balaban J connectivity index is 2.44. The summed E-state index contributed by atoms with van der Waals surface area (Å²) in [6.07, 6.45) is 2.96. The zero-order valence-electron chi connectivity index (χ0n) is 8.95. The van der Waals surface area contributed by atoms with E-state index in [1.807, 2.05) is 0 Å². The third-order valence-electron chi connectivity index (χ3n) is 2.21. The Morgan fingerprint density at radius 2 is 1.94 bits per heavy atom. The summed E-state index contributed by atoms with van der Waals surface area (Å²) in [5, 5.41) is 0.583. The summed E-state index contributed by atoms with van der Waals surface area (Å²) < 4.78 is 0. The lowest BCUT2D eigenvalue weighted by Crippen LogP contribution is -2.05. The average Bonchev–Trinajstić information content (AvgIpc) is 2.33. The average molecular weight is 267 g/mol. The van der Waals surface area contributed by atoms with Gasteiger partial charge in [0.1, 0.15) is 5.69 Å². The lowest BCUT2D eigenvalue weighted by Gasteiger charge is -2.04. The molecule has 86 valence electrons. The minimum absolute atomic E-state index is 0.238. The predicted octanol–water partition coefficient (Wildman–Crippen LogP) is 3.32. The summed E-state index contributed by atoms with van der Waals surface area (Å²) in [5.41, 5.74) is 1.33. The Kier molecular flexibility index (Phi) is 3.41. The van der Waals surface area contributed by atoms with Crippen LogP contribution in [0.1, 0.15) is 21.7 Å². The van der Waals surface area contributed by atoms with E-state index in [-0.39, 0.29) is 16.5 Å². The van der Waals surface area contributed by atoms with Gasteiger partial charge in [-0.1, -0.05) is 29.3 Å². The standard InChI is InChI=1S/C12H8Cl2N2O/c1-7-5-16-10(6-15-7)12(17)8-3-2-4-9(13)11(8)14/h2-6H,1H3. The molecule has 0 fully saturated rings. The number of carbonyl (C=O) groups is 1. The fourth-order valence-corrected chi connectivity index (χ4v) is 1.71. The number of hydrogen-bond acceptors (Lipinski definition) is 3.